The quantitative estimate of drug-likeness (QED) is 0.855. The molecular formula is C20H24N2O3. The van der Waals surface area contributed by atoms with Gasteiger partial charge in [0.1, 0.15) is 6.10 Å². The van der Waals surface area contributed by atoms with Crippen molar-refractivity contribution in [1.29, 1.82) is 0 Å². The fraction of sp³-hybridized carbons (Fsp3) is 0.400. The van der Waals surface area contributed by atoms with Crippen molar-refractivity contribution >= 4 is 5.91 Å². The summed E-state index contributed by atoms with van der Waals surface area (Å²) < 4.78 is 11.7. The van der Waals surface area contributed by atoms with Crippen molar-refractivity contribution in [2.75, 3.05) is 13.2 Å². The van der Waals surface area contributed by atoms with E-state index in [4.69, 9.17) is 9.47 Å². The Bertz CT molecular complexity index is 718. The van der Waals surface area contributed by atoms with Gasteiger partial charge in [0.25, 0.3) is 5.91 Å². The second kappa shape index (κ2) is 7.66. The van der Waals surface area contributed by atoms with Crippen molar-refractivity contribution in [2.24, 2.45) is 0 Å². The monoisotopic (exact) mass is 340 g/mol. The summed E-state index contributed by atoms with van der Waals surface area (Å²) in [7, 11) is 0. The number of rotatable bonds is 4. The predicted molar refractivity (Wildman–Crippen MR) is 95.6 cm³/mol. The van der Waals surface area contributed by atoms with E-state index >= 15 is 0 Å². The lowest BCUT2D eigenvalue weighted by Gasteiger charge is -2.38. The minimum Gasteiger partial charge on any atom is -0.489 e. The molecule has 3 rings (SSSR count). The number of hydrogen-bond acceptors (Lipinski definition) is 4. The second-order valence-corrected chi connectivity index (χ2v) is 6.56. The van der Waals surface area contributed by atoms with Gasteiger partial charge in [-0.15, -0.1) is 0 Å². The van der Waals surface area contributed by atoms with Gasteiger partial charge in [0.05, 0.1) is 25.3 Å². The van der Waals surface area contributed by atoms with Crippen molar-refractivity contribution < 1.29 is 14.3 Å². The van der Waals surface area contributed by atoms with Gasteiger partial charge >= 0.3 is 0 Å². The molecule has 1 aromatic heterocycles. The van der Waals surface area contributed by atoms with E-state index in [9.17, 15) is 4.79 Å². The molecule has 0 saturated carbocycles. The SMILES string of the molecule is CC(C)Oc1cccnc1C(=O)N1C[C@@H](c2ccccc2)OC[C@@H]1C. The Morgan fingerprint density at radius 3 is 2.72 bits per heavy atom. The van der Waals surface area contributed by atoms with E-state index in [0.29, 0.717) is 24.6 Å². The van der Waals surface area contributed by atoms with Gasteiger partial charge in [-0.05, 0) is 38.5 Å². The van der Waals surface area contributed by atoms with Gasteiger partial charge in [-0.25, -0.2) is 4.98 Å². The van der Waals surface area contributed by atoms with Crippen LogP contribution in [0.3, 0.4) is 0 Å². The molecule has 0 bridgehead atoms. The number of hydrogen-bond donors (Lipinski definition) is 0. The minimum absolute atomic E-state index is 0.0126. The molecule has 2 heterocycles. The van der Waals surface area contributed by atoms with Crippen molar-refractivity contribution in [3.8, 4) is 5.75 Å². The van der Waals surface area contributed by atoms with Gasteiger partial charge in [0.2, 0.25) is 0 Å². The average Bonchev–Trinajstić information content (AvgIpc) is 2.62. The van der Waals surface area contributed by atoms with Gasteiger partial charge in [-0.2, -0.15) is 0 Å². The molecule has 5 heteroatoms. The topological polar surface area (TPSA) is 51.7 Å². The molecule has 1 aliphatic rings. The van der Waals surface area contributed by atoms with Gasteiger partial charge in [0.15, 0.2) is 11.4 Å². The van der Waals surface area contributed by atoms with Crippen LogP contribution in [0.2, 0.25) is 0 Å². The largest absolute Gasteiger partial charge is 0.489 e. The minimum atomic E-state index is -0.125. The summed E-state index contributed by atoms with van der Waals surface area (Å²) in [5.41, 5.74) is 1.43. The molecule has 0 aliphatic carbocycles. The maximum absolute atomic E-state index is 13.1. The maximum Gasteiger partial charge on any atom is 0.276 e. The van der Waals surface area contributed by atoms with Crippen molar-refractivity contribution in [3.63, 3.8) is 0 Å². The molecule has 25 heavy (non-hydrogen) atoms. The molecule has 0 spiro atoms. The van der Waals surface area contributed by atoms with Crippen LogP contribution in [0.15, 0.2) is 48.7 Å². The molecule has 2 atom stereocenters. The van der Waals surface area contributed by atoms with E-state index in [1.165, 1.54) is 0 Å². The summed E-state index contributed by atoms with van der Waals surface area (Å²) in [6.45, 7) is 6.86. The zero-order valence-electron chi connectivity index (χ0n) is 14.9. The van der Waals surface area contributed by atoms with E-state index in [0.717, 1.165) is 5.56 Å². The standard InChI is InChI=1S/C20H24N2O3/c1-14(2)25-17-10-7-11-21-19(17)20(23)22-12-18(24-13-15(22)3)16-8-5-4-6-9-16/h4-11,14-15,18H,12-13H2,1-3H3/t15-,18-/m0/s1. The fourth-order valence-electron chi connectivity index (χ4n) is 2.95. The third-order valence-corrected chi connectivity index (χ3v) is 4.20. The molecule has 0 radical (unpaired) electrons. The summed E-state index contributed by atoms with van der Waals surface area (Å²) >= 11 is 0. The van der Waals surface area contributed by atoms with Gasteiger partial charge in [0, 0.05) is 6.20 Å². The van der Waals surface area contributed by atoms with E-state index < -0.39 is 0 Å². The third-order valence-electron chi connectivity index (χ3n) is 4.20. The number of aromatic nitrogens is 1. The average molecular weight is 340 g/mol. The number of amides is 1. The highest BCUT2D eigenvalue weighted by Crippen LogP contribution is 2.27. The molecule has 1 aromatic carbocycles. The van der Waals surface area contributed by atoms with Crippen LogP contribution >= 0.6 is 0 Å². The van der Waals surface area contributed by atoms with E-state index in [1.807, 2.05) is 56.0 Å². The van der Waals surface area contributed by atoms with E-state index in [-0.39, 0.29) is 24.2 Å². The number of pyridine rings is 1. The maximum atomic E-state index is 13.1. The Morgan fingerprint density at radius 1 is 1.24 bits per heavy atom. The zero-order valence-corrected chi connectivity index (χ0v) is 14.9. The summed E-state index contributed by atoms with van der Waals surface area (Å²) in [4.78, 5) is 19.2. The van der Waals surface area contributed by atoms with Crippen molar-refractivity contribution in [2.45, 2.75) is 39.0 Å². The van der Waals surface area contributed by atoms with Gasteiger partial charge in [-0.1, -0.05) is 30.3 Å². The number of morpholine rings is 1. The number of carbonyl (C=O) groups is 1. The first-order chi connectivity index (χ1) is 12.1. The van der Waals surface area contributed by atoms with Crippen LogP contribution in [-0.4, -0.2) is 41.1 Å². The first-order valence-corrected chi connectivity index (χ1v) is 8.65. The number of ether oxygens (including phenoxy) is 2. The number of nitrogens with zero attached hydrogens (tertiary/aromatic N) is 2. The van der Waals surface area contributed by atoms with Gasteiger partial charge < -0.3 is 14.4 Å². The molecule has 0 N–H and O–H groups in total. The second-order valence-electron chi connectivity index (χ2n) is 6.56. The lowest BCUT2D eigenvalue weighted by Crippen LogP contribution is -2.48. The predicted octanol–water partition coefficient (Wildman–Crippen LogP) is 3.47. The number of benzene rings is 1. The lowest BCUT2D eigenvalue weighted by molar-refractivity contribution is -0.0489. The zero-order chi connectivity index (χ0) is 17.8. The molecule has 132 valence electrons. The van der Waals surface area contributed by atoms with Crippen LogP contribution in [0.5, 0.6) is 5.75 Å². The summed E-state index contributed by atoms with van der Waals surface area (Å²) in [6, 6.07) is 13.5. The fourth-order valence-corrected chi connectivity index (χ4v) is 2.95. The van der Waals surface area contributed by atoms with E-state index in [2.05, 4.69) is 4.98 Å². The Labute approximate surface area is 148 Å². The third kappa shape index (κ3) is 3.99. The van der Waals surface area contributed by atoms with Crippen LogP contribution in [0.1, 0.15) is 42.9 Å². The van der Waals surface area contributed by atoms with Crippen LogP contribution in [0.4, 0.5) is 0 Å². The highest BCUT2D eigenvalue weighted by Gasteiger charge is 2.33. The first kappa shape index (κ1) is 17.4. The smallest absolute Gasteiger partial charge is 0.276 e. The van der Waals surface area contributed by atoms with Crippen LogP contribution in [-0.2, 0) is 4.74 Å². The highest BCUT2D eigenvalue weighted by atomic mass is 16.5. The van der Waals surface area contributed by atoms with Crippen LogP contribution < -0.4 is 4.74 Å². The molecule has 1 aliphatic heterocycles. The lowest BCUT2D eigenvalue weighted by atomic mass is 10.1. The van der Waals surface area contributed by atoms with Crippen molar-refractivity contribution in [3.05, 3.63) is 59.9 Å². The summed E-state index contributed by atoms with van der Waals surface area (Å²) in [5, 5.41) is 0. The molecule has 1 amide bonds. The normalized spacial score (nSPS) is 20.6. The molecule has 2 aromatic rings. The Morgan fingerprint density at radius 2 is 2.00 bits per heavy atom. The number of carbonyl (C=O) groups excluding carboxylic acids is 1. The Balaban J connectivity index is 1.83. The molecule has 5 nitrogen and oxygen atoms in total. The summed E-state index contributed by atoms with van der Waals surface area (Å²) in [5.74, 6) is 0.408. The van der Waals surface area contributed by atoms with Crippen LogP contribution in [0.25, 0.3) is 0 Å². The van der Waals surface area contributed by atoms with E-state index in [1.54, 1.807) is 18.3 Å². The molecule has 1 fully saturated rings. The molecule has 1 saturated heterocycles. The first-order valence-electron chi connectivity index (χ1n) is 8.65. The highest BCUT2D eigenvalue weighted by molar-refractivity contribution is 5.95. The van der Waals surface area contributed by atoms with Gasteiger partial charge in [-0.3, -0.25) is 4.79 Å². The molecular weight excluding hydrogens is 316 g/mol. The Kier molecular flexibility index (Phi) is 5.34. The Hall–Kier alpha value is -2.40. The van der Waals surface area contributed by atoms with Crippen molar-refractivity contribution in [1.82, 2.24) is 9.88 Å². The molecule has 0 unspecified atom stereocenters. The summed E-state index contributed by atoms with van der Waals surface area (Å²) in [6.07, 6.45) is 1.48. The van der Waals surface area contributed by atoms with Crippen LogP contribution in [0, 0.1) is 0 Å².